The molecule has 1 atom stereocenters. The van der Waals surface area contributed by atoms with Crippen LogP contribution < -0.4 is 10.2 Å². The smallest absolute Gasteiger partial charge is 0.227 e. The molecule has 146 valence electrons. The van der Waals surface area contributed by atoms with E-state index in [9.17, 15) is 4.79 Å². The third-order valence-corrected chi connectivity index (χ3v) is 4.66. The van der Waals surface area contributed by atoms with Crippen molar-refractivity contribution in [2.45, 2.75) is 38.5 Å². The lowest BCUT2D eigenvalue weighted by molar-refractivity contribution is -0.115. The zero-order chi connectivity index (χ0) is 19.2. The van der Waals surface area contributed by atoms with Crippen molar-refractivity contribution in [3.8, 4) is 0 Å². The lowest BCUT2D eigenvalue weighted by Crippen LogP contribution is -2.35. The van der Waals surface area contributed by atoms with Crippen molar-refractivity contribution in [3.63, 3.8) is 0 Å². The average Bonchev–Trinajstić information content (AvgIpc) is 3.42. The topological polar surface area (TPSA) is 90.0 Å². The number of anilines is 3. The van der Waals surface area contributed by atoms with E-state index in [1.165, 1.54) is 36.3 Å². The van der Waals surface area contributed by atoms with Crippen LogP contribution >= 0.6 is 0 Å². The van der Waals surface area contributed by atoms with Gasteiger partial charge in [-0.1, -0.05) is 6.92 Å². The number of nitrogens with one attached hydrogen (secondary N) is 2. The molecule has 0 spiro atoms. The zero-order valence-corrected chi connectivity index (χ0v) is 16.4. The second kappa shape index (κ2) is 8.83. The summed E-state index contributed by atoms with van der Waals surface area (Å²) in [6.45, 7) is 4.37. The number of rotatable bonds is 5. The largest absolute Gasteiger partial charge is 0.351 e. The first kappa shape index (κ1) is 19.1. The number of carbonyl (C=O) groups is 1. The number of carbonyl (C=O) groups excluding carboxylic acids is 1. The van der Waals surface area contributed by atoms with E-state index in [-0.39, 0.29) is 0 Å². The Kier molecular flexibility index (Phi) is 6.26. The van der Waals surface area contributed by atoms with Crippen LogP contribution in [0.25, 0.3) is 0 Å². The molecule has 2 N–H and O–H groups in total. The molecule has 1 aliphatic carbocycles. The first-order valence-electron chi connectivity index (χ1n) is 9.57. The predicted octanol–water partition coefficient (Wildman–Crippen LogP) is 2.76. The van der Waals surface area contributed by atoms with E-state index in [0.29, 0.717) is 11.8 Å². The molecular formula is C19H29N7O. The van der Waals surface area contributed by atoms with Gasteiger partial charge in [-0.2, -0.15) is 10.1 Å². The summed E-state index contributed by atoms with van der Waals surface area (Å²) in [5.74, 6) is 3.84. The van der Waals surface area contributed by atoms with Gasteiger partial charge in [0.2, 0.25) is 12.4 Å². The zero-order valence-electron chi connectivity index (χ0n) is 16.4. The molecule has 1 saturated carbocycles. The summed E-state index contributed by atoms with van der Waals surface area (Å²) in [7, 11) is 3.38. The minimum absolute atomic E-state index is 0.679. The number of hydrogen-bond donors (Lipinski definition) is 2. The van der Waals surface area contributed by atoms with E-state index in [1.54, 1.807) is 14.1 Å². The van der Waals surface area contributed by atoms with Gasteiger partial charge in [-0.25, -0.2) is 4.98 Å². The van der Waals surface area contributed by atoms with Crippen LogP contribution in [0.15, 0.2) is 18.3 Å². The molecule has 1 amide bonds. The van der Waals surface area contributed by atoms with E-state index < -0.39 is 0 Å². The van der Waals surface area contributed by atoms with Crippen LogP contribution in [-0.4, -0.2) is 58.7 Å². The summed E-state index contributed by atoms with van der Waals surface area (Å²) >= 11 is 0. The first-order chi connectivity index (χ1) is 13.0. The Morgan fingerprint density at radius 2 is 2.07 bits per heavy atom. The number of amides is 1. The Hall–Kier alpha value is -2.64. The minimum atomic E-state index is 0.679. The van der Waals surface area contributed by atoms with Crippen LogP contribution in [-0.2, 0) is 4.79 Å². The third-order valence-electron chi connectivity index (χ3n) is 4.66. The Labute approximate surface area is 160 Å². The molecule has 4 rings (SSSR count). The summed E-state index contributed by atoms with van der Waals surface area (Å²) < 4.78 is 0. The van der Waals surface area contributed by atoms with Crippen LogP contribution in [0.2, 0.25) is 0 Å². The maximum Gasteiger partial charge on any atom is 0.227 e. The van der Waals surface area contributed by atoms with Crippen molar-refractivity contribution in [1.29, 1.82) is 0 Å². The lowest BCUT2D eigenvalue weighted by Gasteiger charge is -2.30. The number of piperidine rings is 1. The van der Waals surface area contributed by atoms with Gasteiger partial charge in [0.1, 0.15) is 5.82 Å². The third kappa shape index (κ3) is 5.67. The van der Waals surface area contributed by atoms with Crippen LogP contribution in [0.5, 0.6) is 0 Å². The maximum atomic E-state index is 9.43. The summed E-state index contributed by atoms with van der Waals surface area (Å²) in [5, 5.41) is 10.7. The van der Waals surface area contributed by atoms with Gasteiger partial charge < -0.3 is 15.1 Å². The fourth-order valence-corrected chi connectivity index (χ4v) is 3.08. The van der Waals surface area contributed by atoms with Crippen LogP contribution in [0, 0.1) is 5.92 Å². The van der Waals surface area contributed by atoms with Gasteiger partial charge in [-0.15, -0.1) is 0 Å². The fourth-order valence-electron chi connectivity index (χ4n) is 3.08. The number of aromatic amines is 1. The van der Waals surface area contributed by atoms with Crippen molar-refractivity contribution < 1.29 is 4.79 Å². The Bertz CT molecular complexity index is 741. The quantitative estimate of drug-likeness (QED) is 0.786. The van der Waals surface area contributed by atoms with Gasteiger partial charge in [0.25, 0.3) is 0 Å². The summed E-state index contributed by atoms with van der Waals surface area (Å²) in [5.41, 5.74) is 1.22. The molecule has 0 radical (unpaired) electrons. The van der Waals surface area contributed by atoms with Crippen molar-refractivity contribution in [2.75, 3.05) is 37.4 Å². The van der Waals surface area contributed by atoms with Crippen molar-refractivity contribution in [1.82, 2.24) is 25.1 Å². The SMILES string of the molecule is CC1CCCN(c2nccc(Nc3cc(C4CC4)[nH]n3)n2)C1.CN(C)C=O. The van der Waals surface area contributed by atoms with E-state index in [2.05, 4.69) is 43.4 Å². The highest BCUT2D eigenvalue weighted by Crippen LogP contribution is 2.39. The molecule has 2 aromatic heterocycles. The molecule has 0 aromatic carbocycles. The highest BCUT2D eigenvalue weighted by atomic mass is 16.1. The lowest BCUT2D eigenvalue weighted by atomic mass is 10.0. The van der Waals surface area contributed by atoms with Gasteiger partial charge >= 0.3 is 0 Å². The van der Waals surface area contributed by atoms with Gasteiger partial charge in [-0.3, -0.25) is 9.89 Å². The predicted molar refractivity (Wildman–Crippen MR) is 106 cm³/mol. The summed E-state index contributed by atoms with van der Waals surface area (Å²) in [6.07, 6.45) is 7.62. The second-order valence-corrected chi connectivity index (χ2v) is 7.61. The fraction of sp³-hybridized carbons (Fsp3) is 0.579. The van der Waals surface area contributed by atoms with Crippen molar-refractivity contribution >= 4 is 24.0 Å². The summed E-state index contributed by atoms with van der Waals surface area (Å²) in [6, 6.07) is 3.98. The maximum absolute atomic E-state index is 9.43. The Morgan fingerprint density at radius 3 is 2.74 bits per heavy atom. The second-order valence-electron chi connectivity index (χ2n) is 7.61. The standard InChI is InChI=1S/C16H22N6.C3H7NO/c1-11-3-2-8-22(10-11)16-17-7-6-14(19-16)18-15-9-13(20-21-15)12-4-5-12;1-4(2)3-5/h6-7,9,11-12H,2-5,8,10H2,1H3,(H2,17,18,19,20,21);3H,1-2H3. The van der Waals surface area contributed by atoms with Crippen LogP contribution in [0.4, 0.5) is 17.6 Å². The first-order valence-corrected chi connectivity index (χ1v) is 9.57. The van der Waals surface area contributed by atoms with E-state index in [0.717, 1.165) is 37.1 Å². The molecule has 1 aliphatic heterocycles. The van der Waals surface area contributed by atoms with Gasteiger partial charge in [-0.05, 0) is 37.7 Å². The van der Waals surface area contributed by atoms with Gasteiger partial charge in [0.05, 0.1) is 0 Å². The number of H-pyrrole nitrogens is 1. The molecule has 2 aromatic rings. The van der Waals surface area contributed by atoms with Gasteiger partial charge in [0, 0.05) is 51.1 Å². The monoisotopic (exact) mass is 371 g/mol. The van der Waals surface area contributed by atoms with E-state index in [4.69, 9.17) is 0 Å². The van der Waals surface area contributed by atoms with Crippen molar-refractivity contribution in [2.24, 2.45) is 5.92 Å². The van der Waals surface area contributed by atoms with Crippen molar-refractivity contribution in [3.05, 3.63) is 24.0 Å². The molecule has 8 heteroatoms. The molecule has 3 heterocycles. The Morgan fingerprint density at radius 1 is 1.30 bits per heavy atom. The average molecular weight is 371 g/mol. The minimum Gasteiger partial charge on any atom is -0.351 e. The molecule has 2 aliphatic rings. The normalized spacial score (nSPS) is 19.1. The molecular weight excluding hydrogens is 342 g/mol. The number of nitrogens with zero attached hydrogens (tertiary/aromatic N) is 5. The highest BCUT2D eigenvalue weighted by Gasteiger charge is 2.25. The number of aromatic nitrogens is 4. The van der Waals surface area contributed by atoms with E-state index in [1.807, 2.05) is 12.3 Å². The van der Waals surface area contributed by atoms with E-state index >= 15 is 0 Å². The molecule has 0 bridgehead atoms. The molecule has 8 nitrogen and oxygen atoms in total. The number of hydrogen-bond acceptors (Lipinski definition) is 6. The highest BCUT2D eigenvalue weighted by molar-refractivity contribution is 5.53. The Balaban J connectivity index is 0.000000376. The van der Waals surface area contributed by atoms with Gasteiger partial charge in [0.15, 0.2) is 5.82 Å². The molecule has 2 fully saturated rings. The summed E-state index contributed by atoms with van der Waals surface area (Å²) in [4.78, 5) is 22.2. The molecule has 1 saturated heterocycles. The molecule has 1 unspecified atom stereocenters. The molecule has 27 heavy (non-hydrogen) atoms. The van der Waals surface area contributed by atoms with Crippen LogP contribution in [0.3, 0.4) is 0 Å². The van der Waals surface area contributed by atoms with Crippen LogP contribution in [0.1, 0.15) is 44.2 Å².